The summed E-state index contributed by atoms with van der Waals surface area (Å²) >= 11 is 0. The molecule has 0 spiro atoms. The highest BCUT2D eigenvalue weighted by molar-refractivity contribution is 5.78. The number of nitrogens with one attached hydrogen (secondary N) is 1. The standard InChI is InChI=1S/C13H26N2O/c1-5-14-12-6-8-15(9-7-12)13(16)11(4)10(2)3/h10-12,14H,5-9H2,1-4H3. The number of nitrogens with zero attached hydrogens (tertiary/aromatic N) is 1. The Labute approximate surface area is 99.6 Å². The van der Waals surface area contributed by atoms with Crippen LogP contribution in [0, 0.1) is 11.8 Å². The lowest BCUT2D eigenvalue weighted by molar-refractivity contribution is -0.137. The largest absolute Gasteiger partial charge is 0.342 e. The number of likely N-dealkylation sites (tertiary alicyclic amines) is 1. The van der Waals surface area contributed by atoms with Gasteiger partial charge in [-0.25, -0.2) is 0 Å². The molecular formula is C13H26N2O. The van der Waals surface area contributed by atoms with Crippen LogP contribution in [-0.2, 0) is 4.79 Å². The first-order valence-corrected chi connectivity index (χ1v) is 6.58. The average Bonchev–Trinajstić information content (AvgIpc) is 2.28. The van der Waals surface area contributed by atoms with E-state index in [1.165, 1.54) is 0 Å². The predicted molar refractivity (Wildman–Crippen MR) is 67.3 cm³/mol. The lowest BCUT2D eigenvalue weighted by atomic mass is 9.95. The maximum atomic E-state index is 12.1. The van der Waals surface area contributed by atoms with Crippen LogP contribution in [0.4, 0.5) is 0 Å². The van der Waals surface area contributed by atoms with E-state index in [1.807, 2.05) is 11.8 Å². The fraction of sp³-hybridized carbons (Fsp3) is 0.923. The lowest BCUT2D eigenvalue weighted by Crippen LogP contribution is -2.47. The van der Waals surface area contributed by atoms with Gasteiger partial charge in [0, 0.05) is 25.0 Å². The van der Waals surface area contributed by atoms with E-state index in [0.717, 1.165) is 32.5 Å². The maximum absolute atomic E-state index is 12.1. The molecule has 1 fully saturated rings. The molecule has 1 heterocycles. The van der Waals surface area contributed by atoms with Crippen LogP contribution in [0.3, 0.4) is 0 Å². The second-order valence-electron chi connectivity index (χ2n) is 5.19. The highest BCUT2D eigenvalue weighted by atomic mass is 16.2. The van der Waals surface area contributed by atoms with Crippen molar-refractivity contribution in [2.45, 2.75) is 46.6 Å². The van der Waals surface area contributed by atoms with Gasteiger partial charge >= 0.3 is 0 Å². The van der Waals surface area contributed by atoms with Gasteiger partial charge in [-0.2, -0.15) is 0 Å². The van der Waals surface area contributed by atoms with Gasteiger partial charge in [0.15, 0.2) is 0 Å². The molecule has 1 amide bonds. The molecule has 1 rings (SSSR count). The zero-order valence-electron chi connectivity index (χ0n) is 11.1. The number of hydrogen-bond donors (Lipinski definition) is 1. The first kappa shape index (κ1) is 13.5. The molecule has 1 saturated heterocycles. The summed E-state index contributed by atoms with van der Waals surface area (Å²) in [5.41, 5.74) is 0. The van der Waals surface area contributed by atoms with Crippen LogP contribution in [0.15, 0.2) is 0 Å². The summed E-state index contributed by atoms with van der Waals surface area (Å²) in [5, 5.41) is 3.46. The molecule has 0 aromatic carbocycles. The van der Waals surface area contributed by atoms with E-state index in [1.54, 1.807) is 0 Å². The van der Waals surface area contributed by atoms with Gasteiger partial charge in [0.2, 0.25) is 5.91 Å². The molecule has 3 heteroatoms. The minimum absolute atomic E-state index is 0.163. The maximum Gasteiger partial charge on any atom is 0.225 e. The van der Waals surface area contributed by atoms with Crippen LogP contribution in [-0.4, -0.2) is 36.5 Å². The Morgan fingerprint density at radius 2 is 1.88 bits per heavy atom. The van der Waals surface area contributed by atoms with E-state index < -0.39 is 0 Å². The van der Waals surface area contributed by atoms with Crippen molar-refractivity contribution in [3.63, 3.8) is 0 Å². The van der Waals surface area contributed by atoms with Gasteiger partial charge in [-0.3, -0.25) is 4.79 Å². The third-order valence-corrected chi connectivity index (χ3v) is 3.69. The van der Waals surface area contributed by atoms with Gasteiger partial charge in [0.1, 0.15) is 0 Å². The zero-order chi connectivity index (χ0) is 12.1. The number of piperidine rings is 1. The molecule has 94 valence electrons. The van der Waals surface area contributed by atoms with E-state index in [0.29, 0.717) is 17.9 Å². The predicted octanol–water partition coefficient (Wildman–Crippen LogP) is 1.88. The van der Waals surface area contributed by atoms with E-state index >= 15 is 0 Å². The molecule has 1 N–H and O–H groups in total. The average molecular weight is 226 g/mol. The Hall–Kier alpha value is -0.570. The molecule has 1 aliphatic heterocycles. The molecule has 1 aliphatic rings. The van der Waals surface area contributed by atoms with Crippen molar-refractivity contribution >= 4 is 5.91 Å². The van der Waals surface area contributed by atoms with E-state index in [-0.39, 0.29) is 5.92 Å². The Kier molecular flexibility index (Phi) is 5.26. The molecular weight excluding hydrogens is 200 g/mol. The van der Waals surface area contributed by atoms with Crippen LogP contribution >= 0.6 is 0 Å². The highest BCUT2D eigenvalue weighted by Crippen LogP contribution is 2.17. The summed E-state index contributed by atoms with van der Waals surface area (Å²) < 4.78 is 0. The molecule has 0 aromatic rings. The molecule has 0 saturated carbocycles. The Morgan fingerprint density at radius 1 is 1.31 bits per heavy atom. The van der Waals surface area contributed by atoms with E-state index in [4.69, 9.17) is 0 Å². The Morgan fingerprint density at radius 3 is 2.31 bits per heavy atom. The Balaban J connectivity index is 2.38. The van der Waals surface area contributed by atoms with Crippen LogP contribution in [0.5, 0.6) is 0 Å². The van der Waals surface area contributed by atoms with Crippen LogP contribution in [0.1, 0.15) is 40.5 Å². The van der Waals surface area contributed by atoms with E-state index in [2.05, 4.69) is 26.1 Å². The third kappa shape index (κ3) is 3.48. The molecule has 3 nitrogen and oxygen atoms in total. The molecule has 0 aliphatic carbocycles. The number of carbonyl (C=O) groups excluding carboxylic acids is 1. The van der Waals surface area contributed by atoms with Crippen molar-refractivity contribution in [2.24, 2.45) is 11.8 Å². The lowest BCUT2D eigenvalue weighted by Gasteiger charge is -2.34. The number of rotatable bonds is 4. The first-order valence-electron chi connectivity index (χ1n) is 6.58. The highest BCUT2D eigenvalue weighted by Gasteiger charge is 2.26. The van der Waals surface area contributed by atoms with Crippen molar-refractivity contribution in [3.8, 4) is 0 Å². The molecule has 0 radical (unpaired) electrons. The van der Waals surface area contributed by atoms with Crippen molar-refractivity contribution in [1.29, 1.82) is 0 Å². The minimum atomic E-state index is 0.163. The molecule has 0 aromatic heterocycles. The summed E-state index contributed by atoms with van der Waals surface area (Å²) in [5.74, 6) is 0.944. The smallest absolute Gasteiger partial charge is 0.225 e. The first-order chi connectivity index (χ1) is 7.56. The van der Waals surface area contributed by atoms with Gasteiger partial charge < -0.3 is 10.2 Å². The number of hydrogen-bond acceptors (Lipinski definition) is 2. The van der Waals surface area contributed by atoms with Gasteiger partial charge in [0.25, 0.3) is 0 Å². The van der Waals surface area contributed by atoms with Crippen molar-refractivity contribution in [2.75, 3.05) is 19.6 Å². The van der Waals surface area contributed by atoms with Gasteiger partial charge in [-0.1, -0.05) is 27.7 Å². The number of amides is 1. The number of carbonyl (C=O) groups is 1. The van der Waals surface area contributed by atoms with Crippen molar-refractivity contribution in [3.05, 3.63) is 0 Å². The topological polar surface area (TPSA) is 32.3 Å². The molecule has 1 atom stereocenters. The van der Waals surface area contributed by atoms with Crippen molar-refractivity contribution in [1.82, 2.24) is 10.2 Å². The zero-order valence-corrected chi connectivity index (χ0v) is 11.1. The molecule has 16 heavy (non-hydrogen) atoms. The summed E-state index contributed by atoms with van der Waals surface area (Å²) in [6, 6.07) is 0.614. The summed E-state index contributed by atoms with van der Waals surface area (Å²) in [6.45, 7) is 11.3. The van der Waals surface area contributed by atoms with Gasteiger partial charge in [-0.05, 0) is 25.3 Å². The molecule has 1 unspecified atom stereocenters. The van der Waals surface area contributed by atoms with Gasteiger partial charge in [0.05, 0.1) is 0 Å². The Bertz CT molecular complexity index is 220. The molecule has 0 bridgehead atoms. The third-order valence-electron chi connectivity index (χ3n) is 3.69. The van der Waals surface area contributed by atoms with Crippen molar-refractivity contribution < 1.29 is 4.79 Å². The quantitative estimate of drug-likeness (QED) is 0.794. The van der Waals surface area contributed by atoms with Gasteiger partial charge in [-0.15, -0.1) is 0 Å². The summed E-state index contributed by atoms with van der Waals surface area (Å²) in [7, 11) is 0. The second-order valence-corrected chi connectivity index (χ2v) is 5.19. The van der Waals surface area contributed by atoms with Crippen LogP contribution in [0.2, 0.25) is 0 Å². The SMILES string of the molecule is CCNC1CCN(C(=O)C(C)C(C)C)CC1. The summed E-state index contributed by atoms with van der Waals surface area (Å²) in [6.07, 6.45) is 2.20. The minimum Gasteiger partial charge on any atom is -0.342 e. The second kappa shape index (κ2) is 6.24. The normalized spacial score (nSPS) is 20.2. The monoisotopic (exact) mass is 226 g/mol. The fourth-order valence-electron chi connectivity index (χ4n) is 2.17. The van der Waals surface area contributed by atoms with E-state index in [9.17, 15) is 4.79 Å². The van der Waals surface area contributed by atoms with Crippen LogP contribution in [0.25, 0.3) is 0 Å². The van der Waals surface area contributed by atoms with Crippen LogP contribution < -0.4 is 5.32 Å². The summed E-state index contributed by atoms with van der Waals surface area (Å²) in [4.78, 5) is 14.1. The fourth-order valence-corrected chi connectivity index (χ4v) is 2.17.